The molecule has 0 N–H and O–H groups in total. The van der Waals surface area contributed by atoms with Crippen molar-refractivity contribution in [2.75, 3.05) is 26.1 Å². The lowest BCUT2D eigenvalue weighted by Gasteiger charge is -2.30. The number of rotatable bonds is 6. The van der Waals surface area contributed by atoms with Crippen molar-refractivity contribution in [2.24, 2.45) is 0 Å². The predicted molar refractivity (Wildman–Crippen MR) is 117 cm³/mol. The van der Waals surface area contributed by atoms with E-state index in [-0.39, 0.29) is 11.4 Å². The Morgan fingerprint density at radius 3 is 2.57 bits per heavy atom. The summed E-state index contributed by atoms with van der Waals surface area (Å²) < 4.78 is 10.5. The van der Waals surface area contributed by atoms with Gasteiger partial charge in [0.05, 0.1) is 19.3 Å². The molecule has 2 aromatic rings. The Bertz CT molecular complexity index is 841. The molecule has 28 heavy (non-hydrogen) atoms. The average molecular weight is 397 g/mol. The minimum Gasteiger partial charge on any atom is -0.465 e. The van der Waals surface area contributed by atoms with Gasteiger partial charge in [-0.1, -0.05) is 43.3 Å². The number of ether oxygens (including phenoxy) is 2. The summed E-state index contributed by atoms with van der Waals surface area (Å²) in [6.45, 7) is 5.92. The summed E-state index contributed by atoms with van der Waals surface area (Å²) in [5.41, 5.74) is 4.29. The van der Waals surface area contributed by atoms with Crippen LogP contribution < -0.4 is 0 Å². The van der Waals surface area contributed by atoms with Gasteiger partial charge in [-0.05, 0) is 60.4 Å². The lowest BCUT2D eigenvalue weighted by Crippen LogP contribution is -2.28. The zero-order valence-electron chi connectivity index (χ0n) is 16.9. The smallest absolute Gasteiger partial charge is 0.337 e. The molecule has 1 unspecified atom stereocenters. The molecule has 0 amide bonds. The quantitative estimate of drug-likeness (QED) is 0.455. The third-order valence-electron chi connectivity index (χ3n) is 5.21. The van der Waals surface area contributed by atoms with Gasteiger partial charge in [-0.2, -0.15) is 0 Å². The SMILES string of the molecule is CCOCC1(C)CCCSc2cc(C=Cc3ccc(C(=O)OC)cc3)ccc21. The van der Waals surface area contributed by atoms with Gasteiger partial charge in [-0.3, -0.25) is 0 Å². The van der Waals surface area contributed by atoms with Crippen LogP contribution in [0.1, 0.15) is 53.7 Å². The molecule has 0 saturated heterocycles. The van der Waals surface area contributed by atoms with Crippen molar-refractivity contribution in [1.29, 1.82) is 0 Å². The van der Waals surface area contributed by atoms with E-state index in [1.807, 2.05) is 23.9 Å². The van der Waals surface area contributed by atoms with E-state index >= 15 is 0 Å². The van der Waals surface area contributed by atoms with Gasteiger partial charge < -0.3 is 9.47 Å². The summed E-state index contributed by atoms with van der Waals surface area (Å²) in [5.74, 6) is 0.838. The molecule has 0 fully saturated rings. The molecule has 148 valence electrons. The Balaban J connectivity index is 1.80. The van der Waals surface area contributed by atoms with Crippen LogP contribution in [0.15, 0.2) is 47.4 Å². The van der Waals surface area contributed by atoms with E-state index < -0.39 is 0 Å². The molecule has 0 saturated carbocycles. The molecular weight excluding hydrogens is 368 g/mol. The van der Waals surface area contributed by atoms with Crippen molar-refractivity contribution >= 4 is 29.9 Å². The molecule has 1 heterocycles. The van der Waals surface area contributed by atoms with Crippen LogP contribution in [0.4, 0.5) is 0 Å². The topological polar surface area (TPSA) is 35.5 Å². The van der Waals surface area contributed by atoms with Gasteiger partial charge in [0.2, 0.25) is 0 Å². The Morgan fingerprint density at radius 2 is 1.86 bits per heavy atom. The number of benzene rings is 2. The molecular formula is C24H28O3S. The molecule has 1 aliphatic rings. The third kappa shape index (κ3) is 4.86. The molecule has 4 heteroatoms. The van der Waals surface area contributed by atoms with E-state index in [1.165, 1.54) is 29.6 Å². The van der Waals surface area contributed by atoms with Gasteiger partial charge in [-0.15, -0.1) is 11.8 Å². The first-order valence-corrected chi connectivity index (χ1v) is 10.8. The monoisotopic (exact) mass is 396 g/mol. The molecule has 2 aromatic carbocycles. The second-order valence-electron chi connectivity index (χ2n) is 7.35. The van der Waals surface area contributed by atoms with Gasteiger partial charge >= 0.3 is 5.97 Å². The highest BCUT2D eigenvalue weighted by Crippen LogP contribution is 2.41. The van der Waals surface area contributed by atoms with Crippen molar-refractivity contribution in [3.8, 4) is 0 Å². The molecule has 1 aliphatic heterocycles. The number of fused-ring (bicyclic) bond motifs is 1. The maximum absolute atomic E-state index is 11.5. The summed E-state index contributed by atoms with van der Waals surface area (Å²) in [4.78, 5) is 12.9. The molecule has 3 nitrogen and oxygen atoms in total. The van der Waals surface area contributed by atoms with Crippen molar-refractivity contribution in [3.63, 3.8) is 0 Å². The van der Waals surface area contributed by atoms with Crippen molar-refractivity contribution in [1.82, 2.24) is 0 Å². The lowest BCUT2D eigenvalue weighted by atomic mass is 9.79. The van der Waals surface area contributed by atoms with E-state index in [2.05, 4.69) is 44.2 Å². The van der Waals surface area contributed by atoms with Crippen LogP contribution in [0.25, 0.3) is 12.2 Å². The lowest BCUT2D eigenvalue weighted by molar-refractivity contribution is 0.0600. The Morgan fingerprint density at radius 1 is 1.14 bits per heavy atom. The minimum atomic E-state index is -0.312. The zero-order chi connectivity index (χ0) is 20.0. The normalized spacial score (nSPS) is 19.2. The van der Waals surface area contributed by atoms with E-state index in [4.69, 9.17) is 9.47 Å². The van der Waals surface area contributed by atoms with Gasteiger partial charge in [-0.25, -0.2) is 4.79 Å². The van der Waals surface area contributed by atoms with E-state index in [1.54, 1.807) is 12.1 Å². The Labute approximate surface area is 172 Å². The number of carbonyl (C=O) groups is 1. The first-order valence-electron chi connectivity index (χ1n) is 9.77. The fraction of sp³-hybridized carbons (Fsp3) is 0.375. The molecule has 0 radical (unpaired) electrons. The van der Waals surface area contributed by atoms with Crippen LogP contribution in [-0.4, -0.2) is 32.0 Å². The standard InChI is InChI=1S/C24H28O3S/c1-4-27-17-24(2)14-5-15-28-22-16-19(10-13-21(22)24)7-6-18-8-11-20(12-9-18)23(25)26-3/h6-13,16H,4-5,14-15,17H2,1-3H3. The average Bonchev–Trinajstić information content (AvgIpc) is 2.89. The number of thioether (sulfide) groups is 1. The Hall–Kier alpha value is -2.04. The van der Waals surface area contributed by atoms with E-state index in [9.17, 15) is 4.79 Å². The molecule has 0 spiro atoms. The molecule has 0 bridgehead atoms. The summed E-state index contributed by atoms with van der Waals surface area (Å²) in [6, 6.07) is 14.2. The zero-order valence-corrected chi connectivity index (χ0v) is 17.7. The van der Waals surface area contributed by atoms with E-state index in [0.717, 1.165) is 31.0 Å². The summed E-state index contributed by atoms with van der Waals surface area (Å²) in [5, 5.41) is 0. The summed E-state index contributed by atoms with van der Waals surface area (Å²) in [6.07, 6.45) is 6.57. The van der Waals surface area contributed by atoms with Crippen LogP contribution in [0.3, 0.4) is 0 Å². The summed E-state index contributed by atoms with van der Waals surface area (Å²) in [7, 11) is 1.39. The van der Waals surface area contributed by atoms with Crippen LogP contribution in [0.5, 0.6) is 0 Å². The van der Waals surface area contributed by atoms with Crippen LogP contribution in [-0.2, 0) is 14.9 Å². The maximum Gasteiger partial charge on any atom is 0.337 e. The fourth-order valence-electron chi connectivity index (χ4n) is 3.56. The Kier molecular flexibility index (Phi) is 6.97. The van der Waals surface area contributed by atoms with Crippen molar-refractivity contribution in [2.45, 2.75) is 37.0 Å². The summed E-state index contributed by atoms with van der Waals surface area (Å²) >= 11 is 1.95. The highest BCUT2D eigenvalue weighted by molar-refractivity contribution is 7.99. The van der Waals surface area contributed by atoms with Gasteiger partial charge in [0.1, 0.15) is 0 Å². The number of hydrogen-bond donors (Lipinski definition) is 0. The largest absolute Gasteiger partial charge is 0.465 e. The number of esters is 1. The number of hydrogen-bond acceptors (Lipinski definition) is 4. The highest BCUT2D eigenvalue weighted by atomic mass is 32.2. The maximum atomic E-state index is 11.5. The highest BCUT2D eigenvalue weighted by Gasteiger charge is 2.31. The van der Waals surface area contributed by atoms with Crippen molar-refractivity contribution in [3.05, 3.63) is 64.7 Å². The van der Waals surface area contributed by atoms with Crippen molar-refractivity contribution < 1.29 is 14.3 Å². The predicted octanol–water partition coefficient (Wildman–Crippen LogP) is 5.82. The third-order valence-corrected chi connectivity index (χ3v) is 6.35. The van der Waals surface area contributed by atoms with E-state index in [0.29, 0.717) is 5.56 Å². The fourth-order valence-corrected chi connectivity index (χ4v) is 4.76. The van der Waals surface area contributed by atoms with Gasteiger partial charge in [0.15, 0.2) is 0 Å². The minimum absolute atomic E-state index is 0.0841. The van der Waals surface area contributed by atoms with Crippen LogP contribution >= 0.6 is 11.8 Å². The number of carbonyl (C=O) groups excluding carboxylic acids is 1. The number of methoxy groups -OCH3 is 1. The second kappa shape index (κ2) is 9.44. The molecule has 0 aromatic heterocycles. The second-order valence-corrected chi connectivity index (χ2v) is 8.49. The van der Waals surface area contributed by atoms with Gasteiger partial charge in [0.25, 0.3) is 0 Å². The first-order chi connectivity index (χ1) is 13.6. The molecule has 3 rings (SSSR count). The molecule has 1 atom stereocenters. The van der Waals surface area contributed by atoms with Crippen LogP contribution in [0.2, 0.25) is 0 Å². The van der Waals surface area contributed by atoms with Crippen LogP contribution in [0, 0.1) is 0 Å². The molecule has 0 aliphatic carbocycles. The first kappa shape index (κ1) is 20.7. The van der Waals surface area contributed by atoms with Gasteiger partial charge in [0, 0.05) is 16.9 Å².